The van der Waals surface area contributed by atoms with Crippen molar-refractivity contribution in [2.45, 2.75) is 29.4 Å². The second-order valence-electron chi connectivity index (χ2n) is 2.47. The summed E-state index contributed by atoms with van der Waals surface area (Å²) in [5, 5.41) is 43.0. The number of aldehydes is 1. The molecule has 0 bridgehead atoms. The number of rotatable bonds is 5. The molecule has 13 heavy (non-hydrogen) atoms. The van der Waals surface area contributed by atoms with Gasteiger partial charge in [-0.25, -0.2) is 0 Å². The van der Waals surface area contributed by atoms with E-state index >= 15 is 0 Å². The Bertz CT molecular complexity index is 163. The number of halogens is 1. The van der Waals surface area contributed by atoms with Crippen molar-refractivity contribution in [3.63, 3.8) is 0 Å². The molecule has 1 unspecified atom stereocenters. The summed E-state index contributed by atoms with van der Waals surface area (Å²) in [7, 11) is 0. The quantitative estimate of drug-likeness (QED) is 0.272. The molecule has 0 spiro atoms. The standard InChI is InChI=1S/C6H11BrO6/c7-6(13)5(12)4(11)3(10)2(9)1-8/h1-6,9-13H/t2-,3+,4-,5-,6?/m0/s1. The predicted molar refractivity (Wildman–Crippen MR) is 45.0 cm³/mol. The number of hydrogen-bond donors (Lipinski definition) is 5. The molecule has 78 valence electrons. The highest BCUT2D eigenvalue weighted by Gasteiger charge is 2.33. The molecule has 0 aromatic heterocycles. The van der Waals surface area contributed by atoms with Gasteiger partial charge in [-0.05, 0) is 0 Å². The zero-order valence-electron chi connectivity index (χ0n) is 6.49. The number of carbonyl (C=O) groups excluding carboxylic acids is 1. The molecule has 0 aromatic carbocycles. The van der Waals surface area contributed by atoms with E-state index in [4.69, 9.17) is 25.5 Å². The Hall–Kier alpha value is -0.0500. The summed E-state index contributed by atoms with van der Waals surface area (Å²) in [5.41, 5.74) is 0. The SMILES string of the molecule is O=C[C@H](O)[C@@H](O)[C@H](O)[C@H](O)C(O)Br. The van der Waals surface area contributed by atoms with Crippen molar-refractivity contribution in [1.82, 2.24) is 0 Å². The van der Waals surface area contributed by atoms with Crippen LogP contribution in [-0.4, -0.2) is 61.2 Å². The monoisotopic (exact) mass is 258 g/mol. The van der Waals surface area contributed by atoms with Crippen molar-refractivity contribution in [2.24, 2.45) is 0 Å². The molecule has 0 heterocycles. The van der Waals surface area contributed by atoms with Gasteiger partial charge in [0.1, 0.15) is 29.4 Å². The van der Waals surface area contributed by atoms with E-state index in [1.165, 1.54) is 0 Å². The molecule has 0 radical (unpaired) electrons. The molecule has 5 atom stereocenters. The van der Waals surface area contributed by atoms with E-state index in [9.17, 15) is 4.79 Å². The minimum Gasteiger partial charge on any atom is -0.387 e. The lowest BCUT2D eigenvalue weighted by Gasteiger charge is -2.24. The van der Waals surface area contributed by atoms with Gasteiger partial charge < -0.3 is 30.3 Å². The average molecular weight is 259 g/mol. The second-order valence-corrected chi connectivity index (χ2v) is 3.41. The Balaban J connectivity index is 4.23. The van der Waals surface area contributed by atoms with Gasteiger partial charge in [-0.3, -0.25) is 0 Å². The first-order chi connectivity index (χ1) is 5.91. The van der Waals surface area contributed by atoms with E-state index in [1.807, 2.05) is 0 Å². The molecule has 0 amide bonds. The van der Waals surface area contributed by atoms with Crippen LogP contribution < -0.4 is 0 Å². The third-order valence-electron chi connectivity index (χ3n) is 1.47. The van der Waals surface area contributed by atoms with Crippen molar-refractivity contribution < 1.29 is 30.3 Å². The van der Waals surface area contributed by atoms with Crippen LogP contribution in [0, 0.1) is 0 Å². The highest BCUT2D eigenvalue weighted by Crippen LogP contribution is 2.11. The molecule has 0 aliphatic rings. The Morgan fingerprint density at radius 2 is 1.38 bits per heavy atom. The lowest BCUT2D eigenvalue weighted by molar-refractivity contribution is -0.137. The number of carbonyl (C=O) groups is 1. The maximum atomic E-state index is 9.97. The van der Waals surface area contributed by atoms with E-state index in [2.05, 4.69) is 15.9 Å². The molecule has 7 heteroatoms. The third kappa shape index (κ3) is 3.67. The zero-order valence-corrected chi connectivity index (χ0v) is 8.07. The smallest absolute Gasteiger partial charge is 0.151 e. The first-order valence-corrected chi connectivity index (χ1v) is 4.33. The Kier molecular flexibility index (Phi) is 5.61. The van der Waals surface area contributed by atoms with Crippen LogP contribution in [-0.2, 0) is 4.79 Å². The molecule has 0 aliphatic carbocycles. The van der Waals surface area contributed by atoms with Crippen molar-refractivity contribution in [3.8, 4) is 0 Å². The predicted octanol–water partition coefficient (Wildman–Crippen LogP) is -2.66. The molecule has 0 aliphatic heterocycles. The van der Waals surface area contributed by atoms with Gasteiger partial charge in [0.25, 0.3) is 0 Å². The van der Waals surface area contributed by atoms with Crippen molar-refractivity contribution in [1.29, 1.82) is 0 Å². The Labute approximate surface area is 82.6 Å². The molecule has 0 saturated heterocycles. The van der Waals surface area contributed by atoms with Crippen LogP contribution in [0.1, 0.15) is 0 Å². The van der Waals surface area contributed by atoms with Gasteiger partial charge in [0, 0.05) is 0 Å². The summed E-state index contributed by atoms with van der Waals surface area (Å²) in [6.45, 7) is 0. The Morgan fingerprint density at radius 3 is 1.69 bits per heavy atom. The van der Waals surface area contributed by atoms with Crippen LogP contribution in [0.15, 0.2) is 0 Å². The van der Waals surface area contributed by atoms with Gasteiger partial charge in [-0.1, -0.05) is 15.9 Å². The summed E-state index contributed by atoms with van der Waals surface area (Å²) < 4.78 is 0. The molecular weight excluding hydrogens is 248 g/mol. The van der Waals surface area contributed by atoms with Gasteiger partial charge in [0.05, 0.1) is 0 Å². The van der Waals surface area contributed by atoms with Gasteiger partial charge in [-0.15, -0.1) is 0 Å². The van der Waals surface area contributed by atoms with Crippen molar-refractivity contribution in [2.75, 3.05) is 0 Å². The van der Waals surface area contributed by atoms with E-state index in [0.29, 0.717) is 0 Å². The number of aliphatic hydroxyl groups is 5. The highest BCUT2D eigenvalue weighted by molar-refractivity contribution is 9.09. The highest BCUT2D eigenvalue weighted by atomic mass is 79.9. The minimum absolute atomic E-state index is 0.0151. The molecule has 0 aromatic rings. The first kappa shape index (κ1) is 12.9. The van der Waals surface area contributed by atoms with Gasteiger partial charge in [0.15, 0.2) is 6.29 Å². The van der Waals surface area contributed by atoms with Crippen LogP contribution >= 0.6 is 15.9 Å². The maximum Gasteiger partial charge on any atom is 0.151 e. The lowest BCUT2D eigenvalue weighted by Crippen LogP contribution is -2.48. The van der Waals surface area contributed by atoms with Crippen molar-refractivity contribution >= 4 is 22.2 Å². The molecular formula is C6H11BrO6. The van der Waals surface area contributed by atoms with Crippen LogP contribution in [0.25, 0.3) is 0 Å². The van der Waals surface area contributed by atoms with E-state index < -0.39 is 29.4 Å². The Morgan fingerprint density at radius 1 is 0.923 bits per heavy atom. The number of aliphatic hydroxyl groups excluding tert-OH is 5. The van der Waals surface area contributed by atoms with Gasteiger partial charge in [-0.2, -0.15) is 0 Å². The molecule has 5 N–H and O–H groups in total. The van der Waals surface area contributed by atoms with Crippen LogP contribution in [0.5, 0.6) is 0 Å². The van der Waals surface area contributed by atoms with Crippen molar-refractivity contribution in [3.05, 3.63) is 0 Å². The average Bonchev–Trinajstić information content (AvgIpc) is 2.12. The van der Waals surface area contributed by atoms with Crippen LogP contribution in [0.4, 0.5) is 0 Å². The molecule has 0 saturated carbocycles. The van der Waals surface area contributed by atoms with Gasteiger partial charge >= 0.3 is 0 Å². The summed E-state index contributed by atoms with van der Waals surface area (Å²) in [6.07, 6.45) is -7.11. The summed E-state index contributed by atoms with van der Waals surface area (Å²) in [6, 6.07) is 0. The molecule has 0 fully saturated rings. The van der Waals surface area contributed by atoms with Gasteiger partial charge in [0.2, 0.25) is 0 Å². The second kappa shape index (κ2) is 5.63. The van der Waals surface area contributed by atoms with Crippen LogP contribution in [0.3, 0.4) is 0 Å². The number of alkyl halides is 1. The summed E-state index contributed by atoms with van der Waals surface area (Å²) in [5.74, 6) is 0. The first-order valence-electron chi connectivity index (χ1n) is 3.41. The number of hydrogen-bond acceptors (Lipinski definition) is 6. The maximum absolute atomic E-state index is 9.97. The molecule has 0 rings (SSSR count). The lowest BCUT2D eigenvalue weighted by atomic mass is 10.0. The van der Waals surface area contributed by atoms with E-state index in [0.717, 1.165) is 0 Å². The summed E-state index contributed by atoms with van der Waals surface area (Å²) >= 11 is 2.54. The fraction of sp³-hybridized carbons (Fsp3) is 0.833. The fourth-order valence-electron chi connectivity index (χ4n) is 0.647. The zero-order chi connectivity index (χ0) is 10.6. The normalized spacial score (nSPS) is 22.9. The van der Waals surface area contributed by atoms with E-state index in [-0.39, 0.29) is 6.29 Å². The molecule has 6 nitrogen and oxygen atoms in total. The fourth-order valence-corrected chi connectivity index (χ4v) is 0.960. The van der Waals surface area contributed by atoms with E-state index in [1.54, 1.807) is 0 Å². The largest absolute Gasteiger partial charge is 0.387 e. The topological polar surface area (TPSA) is 118 Å². The van der Waals surface area contributed by atoms with Crippen LogP contribution in [0.2, 0.25) is 0 Å². The minimum atomic E-state index is -1.83. The summed E-state index contributed by atoms with van der Waals surface area (Å²) in [4.78, 5) is 9.97. The third-order valence-corrected chi connectivity index (χ3v) is 2.01.